The third kappa shape index (κ3) is 3.35. The van der Waals surface area contributed by atoms with E-state index in [2.05, 4.69) is 6.92 Å². The maximum absolute atomic E-state index is 11.1. The van der Waals surface area contributed by atoms with Gasteiger partial charge in [0.25, 0.3) is 0 Å². The summed E-state index contributed by atoms with van der Waals surface area (Å²) in [6.07, 6.45) is 0.947. The molecule has 3 nitrogen and oxygen atoms in total. The zero-order valence-electron chi connectivity index (χ0n) is 10.8. The highest BCUT2D eigenvalue weighted by Gasteiger charge is 2.09. The SMILES string of the molecule is CCc1cccc(OCc2ccccc2C(=O)O)c1. The molecule has 98 valence electrons. The molecule has 0 atom stereocenters. The Morgan fingerprint density at radius 2 is 1.95 bits per heavy atom. The first-order chi connectivity index (χ1) is 9.20. The molecular formula is C16H16O3. The van der Waals surface area contributed by atoms with Gasteiger partial charge in [0.15, 0.2) is 0 Å². The van der Waals surface area contributed by atoms with Crippen molar-refractivity contribution in [3.63, 3.8) is 0 Å². The highest BCUT2D eigenvalue weighted by atomic mass is 16.5. The van der Waals surface area contributed by atoms with E-state index < -0.39 is 5.97 Å². The fraction of sp³-hybridized carbons (Fsp3) is 0.188. The summed E-state index contributed by atoms with van der Waals surface area (Å²) in [5.74, 6) is -0.166. The van der Waals surface area contributed by atoms with E-state index in [0.717, 1.165) is 12.2 Å². The van der Waals surface area contributed by atoms with E-state index >= 15 is 0 Å². The van der Waals surface area contributed by atoms with Crippen LogP contribution in [0.3, 0.4) is 0 Å². The second-order valence-electron chi connectivity index (χ2n) is 4.25. The summed E-state index contributed by atoms with van der Waals surface area (Å²) in [6.45, 7) is 2.34. The summed E-state index contributed by atoms with van der Waals surface area (Å²) >= 11 is 0. The van der Waals surface area contributed by atoms with Crippen molar-refractivity contribution in [3.8, 4) is 5.75 Å². The van der Waals surface area contributed by atoms with Gasteiger partial charge in [0, 0.05) is 5.56 Å². The number of hydrogen-bond acceptors (Lipinski definition) is 2. The molecule has 0 saturated carbocycles. The number of rotatable bonds is 5. The minimum absolute atomic E-state index is 0.260. The van der Waals surface area contributed by atoms with Crippen molar-refractivity contribution < 1.29 is 14.6 Å². The van der Waals surface area contributed by atoms with Crippen LogP contribution in [-0.2, 0) is 13.0 Å². The molecule has 0 saturated heterocycles. The average Bonchev–Trinajstić information content (AvgIpc) is 2.45. The molecule has 2 aromatic carbocycles. The molecule has 0 spiro atoms. The van der Waals surface area contributed by atoms with E-state index in [0.29, 0.717) is 5.56 Å². The Bertz CT molecular complexity index is 576. The van der Waals surface area contributed by atoms with Crippen molar-refractivity contribution in [2.45, 2.75) is 20.0 Å². The van der Waals surface area contributed by atoms with Crippen molar-refractivity contribution in [3.05, 3.63) is 65.2 Å². The van der Waals surface area contributed by atoms with E-state index in [1.165, 1.54) is 5.56 Å². The fourth-order valence-corrected chi connectivity index (χ4v) is 1.87. The Kier molecular flexibility index (Phi) is 4.18. The largest absolute Gasteiger partial charge is 0.489 e. The summed E-state index contributed by atoms with van der Waals surface area (Å²) in [5, 5.41) is 9.09. The smallest absolute Gasteiger partial charge is 0.336 e. The van der Waals surface area contributed by atoms with Gasteiger partial charge >= 0.3 is 5.97 Å². The number of carboxylic acids is 1. The highest BCUT2D eigenvalue weighted by molar-refractivity contribution is 5.89. The molecule has 0 bridgehead atoms. The van der Waals surface area contributed by atoms with Crippen LogP contribution in [0.2, 0.25) is 0 Å². The van der Waals surface area contributed by atoms with Gasteiger partial charge in [-0.25, -0.2) is 4.79 Å². The summed E-state index contributed by atoms with van der Waals surface area (Å²) in [5.41, 5.74) is 2.16. The molecule has 19 heavy (non-hydrogen) atoms. The number of ether oxygens (including phenoxy) is 1. The first-order valence-electron chi connectivity index (χ1n) is 6.23. The zero-order chi connectivity index (χ0) is 13.7. The molecule has 2 rings (SSSR count). The van der Waals surface area contributed by atoms with Gasteiger partial charge < -0.3 is 9.84 Å². The van der Waals surface area contributed by atoms with E-state index in [-0.39, 0.29) is 12.2 Å². The maximum Gasteiger partial charge on any atom is 0.336 e. The van der Waals surface area contributed by atoms with E-state index in [9.17, 15) is 4.79 Å². The number of aryl methyl sites for hydroxylation is 1. The third-order valence-corrected chi connectivity index (χ3v) is 2.95. The molecule has 0 unspecified atom stereocenters. The second-order valence-corrected chi connectivity index (χ2v) is 4.25. The number of aromatic carboxylic acids is 1. The molecule has 0 amide bonds. The third-order valence-electron chi connectivity index (χ3n) is 2.95. The van der Waals surface area contributed by atoms with Crippen LogP contribution in [0.15, 0.2) is 48.5 Å². The monoisotopic (exact) mass is 256 g/mol. The lowest BCUT2D eigenvalue weighted by Crippen LogP contribution is -2.05. The van der Waals surface area contributed by atoms with Crippen LogP contribution in [0.1, 0.15) is 28.4 Å². The number of benzene rings is 2. The van der Waals surface area contributed by atoms with Gasteiger partial charge in [-0.3, -0.25) is 0 Å². The lowest BCUT2D eigenvalue weighted by molar-refractivity contribution is 0.0694. The Morgan fingerprint density at radius 1 is 1.16 bits per heavy atom. The van der Waals surface area contributed by atoms with Crippen molar-refractivity contribution in [2.75, 3.05) is 0 Å². The van der Waals surface area contributed by atoms with Gasteiger partial charge in [0.05, 0.1) is 5.56 Å². The van der Waals surface area contributed by atoms with Crippen LogP contribution in [0.5, 0.6) is 5.75 Å². The normalized spacial score (nSPS) is 10.2. The Labute approximate surface area is 112 Å². The molecule has 0 aliphatic rings. The van der Waals surface area contributed by atoms with E-state index in [4.69, 9.17) is 9.84 Å². The van der Waals surface area contributed by atoms with Crippen molar-refractivity contribution >= 4 is 5.97 Å². The van der Waals surface area contributed by atoms with Crippen molar-refractivity contribution in [1.29, 1.82) is 0 Å². The molecule has 0 aromatic heterocycles. The zero-order valence-corrected chi connectivity index (χ0v) is 10.8. The highest BCUT2D eigenvalue weighted by Crippen LogP contribution is 2.17. The topological polar surface area (TPSA) is 46.5 Å². The van der Waals surface area contributed by atoms with Gasteiger partial charge in [-0.05, 0) is 30.2 Å². The molecular weight excluding hydrogens is 240 g/mol. The van der Waals surface area contributed by atoms with Crippen LogP contribution in [0.4, 0.5) is 0 Å². The van der Waals surface area contributed by atoms with Gasteiger partial charge in [-0.1, -0.05) is 37.3 Å². The summed E-state index contributed by atoms with van der Waals surface area (Å²) in [7, 11) is 0. The van der Waals surface area contributed by atoms with Crippen LogP contribution >= 0.6 is 0 Å². The molecule has 0 radical (unpaired) electrons. The predicted molar refractivity (Wildman–Crippen MR) is 73.6 cm³/mol. The van der Waals surface area contributed by atoms with E-state index in [1.807, 2.05) is 30.3 Å². The minimum atomic E-state index is -0.929. The van der Waals surface area contributed by atoms with Crippen LogP contribution in [0, 0.1) is 0 Å². The average molecular weight is 256 g/mol. The van der Waals surface area contributed by atoms with Gasteiger partial charge in [-0.15, -0.1) is 0 Å². The summed E-state index contributed by atoms with van der Waals surface area (Å²) in [6, 6.07) is 14.7. The van der Waals surface area contributed by atoms with Crippen molar-refractivity contribution in [1.82, 2.24) is 0 Å². The minimum Gasteiger partial charge on any atom is -0.489 e. The molecule has 2 aromatic rings. The molecule has 1 N–H and O–H groups in total. The van der Waals surface area contributed by atoms with Gasteiger partial charge in [0.1, 0.15) is 12.4 Å². The maximum atomic E-state index is 11.1. The van der Waals surface area contributed by atoms with Gasteiger partial charge in [-0.2, -0.15) is 0 Å². The lowest BCUT2D eigenvalue weighted by atomic mass is 10.1. The predicted octanol–water partition coefficient (Wildman–Crippen LogP) is 3.53. The van der Waals surface area contributed by atoms with Crippen LogP contribution < -0.4 is 4.74 Å². The molecule has 0 fully saturated rings. The first kappa shape index (κ1) is 13.1. The Hall–Kier alpha value is -2.29. The quantitative estimate of drug-likeness (QED) is 0.890. The fourth-order valence-electron chi connectivity index (χ4n) is 1.87. The summed E-state index contributed by atoms with van der Waals surface area (Å²) < 4.78 is 5.66. The molecule has 0 heterocycles. The van der Waals surface area contributed by atoms with Crippen LogP contribution in [-0.4, -0.2) is 11.1 Å². The standard InChI is InChI=1S/C16H16O3/c1-2-12-6-5-8-14(10-12)19-11-13-7-3-4-9-15(13)16(17)18/h3-10H,2,11H2,1H3,(H,17,18). The lowest BCUT2D eigenvalue weighted by Gasteiger charge is -2.09. The number of hydrogen-bond donors (Lipinski definition) is 1. The molecule has 3 heteroatoms. The first-order valence-corrected chi connectivity index (χ1v) is 6.23. The van der Waals surface area contributed by atoms with Crippen LogP contribution in [0.25, 0.3) is 0 Å². The van der Waals surface area contributed by atoms with E-state index in [1.54, 1.807) is 18.2 Å². The molecule has 0 aliphatic heterocycles. The number of carbonyl (C=O) groups is 1. The second kappa shape index (κ2) is 6.05. The number of carboxylic acid groups (broad SMARTS) is 1. The molecule has 0 aliphatic carbocycles. The Balaban J connectivity index is 2.12. The van der Waals surface area contributed by atoms with Crippen molar-refractivity contribution in [2.24, 2.45) is 0 Å². The Morgan fingerprint density at radius 3 is 2.68 bits per heavy atom. The summed E-state index contributed by atoms with van der Waals surface area (Å²) in [4.78, 5) is 11.1. The van der Waals surface area contributed by atoms with Gasteiger partial charge in [0.2, 0.25) is 0 Å².